The summed E-state index contributed by atoms with van der Waals surface area (Å²) in [6.07, 6.45) is 0. The van der Waals surface area contributed by atoms with Crippen molar-refractivity contribution in [2.45, 2.75) is 20.8 Å². The second-order valence-electron chi connectivity index (χ2n) is 5.95. The molecule has 0 aliphatic carbocycles. The molecule has 0 spiro atoms. The Morgan fingerprint density at radius 2 is 2.04 bits per heavy atom. The van der Waals surface area contributed by atoms with Crippen LogP contribution in [0, 0.1) is 26.6 Å². The predicted molar refractivity (Wildman–Crippen MR) is 96.7 cm³/mol. The lowest BCUT2D eigenvalue weighted by molar-refractivity contribution is -0.118. The summed E-state index contributed by atoms with van der Waals surface area (Å²) in [5.41, 5.74) is 1.39. The highest BCUT2D eigenvalue weighted by molar-refractivity contribution is 5.91. The van der Waals surface area contributed by atoms with Crippen molar-refractivity contribution >= 4 is 11.7 Å². The number of carbonyl (C=O) groups is 1. The Bertz CT molecular complexity index is 1060. The number of nitrogens with zero attached hydrogens (tertiary/aromatic N) is 3. The third-order valence-corrected chi connectivity index (χ3v) is 3.88. The van der Waals surface area contributed by atoms with Crippen LogP contribution in [0.15, 0.2) is 35.1 Å². The van der Waals surface area contributed by atoms with Crippen LogP contribution in [0.25, 0.3) is 5.95 Å². The molecule has 0 bridgehead atoms. The number of H-pyrrole nitrogens is 1. The van der Waals surface area contributed by atoms with Gasteiger partial charge in [0, 0.05) is 17.3 Å². The van der Waals surface area contributed by atoms with Crippen molar-refractivity contribution in [1.29, 1.82) is 0 Å². The molecule has 1 amide bonds. The molecule has 8 nitrogen and oxygen atoms in total. The van der Waals surface area contributed by atoms with Crippen LogP contribution in [0.2, 0.25) is 0 Å². The number of hydrogen-bond acceptors (Lipinski definition) is 5. The normalized spacial score (nSPS) is 10.7. The number of aryl methyl sites for hydroxylation is 2. The van der Waals surface area contributed by atoms with Crippen LogP contribution in [0.3, 0.4) is 0 Å². The molecule has 0 aliphatic rings. The zero-order valence-corrected chi connectivity index (χ0v) is 15.0. The number of benzene rings is 1. The van der Waals surface area contributed by atoms with E-state index in [0.717, 1.165) is 0 Å². The summed E-state index contributed by atoms with van der Waals surface area (Å²) >= 11 is 0. The summed E-state index contributed by atoms with van der Waals surface area (Å²) in [4.78, 5) is 31.1. The van der Waals surface area contributed by atoms with Gasteiger partial charge in [-0.25, -0.2) is 9.37 Å². The number of rotatable bonds is 5. The molecule has 9 heteroatoms. The Hall–Kier alpha value is -3.49. The number of amides is 1. The lowest BCUT2D eigenvalue weighted by atomic mass is 10.3. The van der Waals surface area contributed by atoms with E-state index in [4.69, 9.17) is 4.74 Å². The fraction of sp³-hybridized carbons (Fsp3) is 0.222. The lowest BCUT2D eigenvalue weighted by Gasteiger charge is -2.10. The number of nitrogens with one attached hydrogen (secondary N) is 2. The average Bonchev–Trinajstić information content (AvgIpc) is 2.98. The monoisotopic (exact) mass is 371 g/mol. The zero-order valence-electron chi connectivity index (χ0n) is 15.0. The summed E-state index contributed by atoms with van der Waals surface area (Å²) in [6, 6.07) is 7.43. The summed E-state index contributed by atoms with van der Waals surface area (Å²) in [5, 5.41) is 6.87. The highest BCUT2D eigenvalue weighted by atomic mass is 19.1. The number of ether oxygens (including phenoxy) is 1. The minimum atomic E-state index is -0.553. The zero-order chi connectivity index (χ0) is 19.6. The highest BCUT2D eigenvalue weighted by Gasteiger charge is 2.15. The van der Waals surface area contributed by atoms with Gasteiger partial charge in [0.05, 0.1) is 5.69 Å². The maximum Gasteiger partial charge on any atom is 0.263 e. The molecule has 0 radical (unpaired) electrons. The van der Waals surface area contributed by atoms with Gasteiger partial charge in [-0.1, -0.05) is 12.1 Å². The first-order chi connectivity index (χ1) is 12.8. The standard InChI is InChI=1S/C18H18FN5O3/c1-10-8-15(21-16(25)9-27-14-7-5-4-6-13(14)19)24(23-10)18-20-12(3)11(2)17(26)22-18/h4-8H,9H2,1-3H3,(H,21,25)(H,20,22,26). The smallest absolute Gasteiger partial charge is 0.263 e. The quantitative estimate of drug-likeness (QED) is 0.715. The van der Waals surface area contributed by atoms with Gasteiger partial charge < -0.3 is 10.1 Å². The number of anilines is 1. The average molecular weight is 371 g/mol. The van der Waals surface area contributed by atoms with Gasteiger partial charge >= 0.3 is 0 Å². The molecule has 2 N–H and O–H groups in total. The van der Waals surface area contributed by atoms with Crippen molar-refractivity contribution in [3.63, 3.8) is 0 Å². The summed E-state index contributed by atoms with van der Waals surface area (Å²) in [7, 11) is 0. The summed E-state index contributed by atoms with van der Waals surface area (Å²) < 4.78 is 20.1. The molecule has 1 aromatic carbocycles. The van der Waals surface area contributed by atoms with Gasteiger partial charge in [0.25, 0.3) is 11.5 Å². The van der Waals surface area contributed by atoms with Crippen LogP contribution in [0.1, 0.15) is 17.0 Å². The molecule has 3 rings (SSSR count). The van der Waals surface area contributed by atoms with Crippen molar-refractivity contribution in [2.75, 3.05) is 11.9 Å². The first-order valence-corrected chi connectivity index (χ1v) is 8.17. The van der Waals surface area contributed by atoms with Crippen LogP contribution in [0.4, 0.5) is 10.2 Å². The first kappa shape index (κ1) is 18.3. The molecule has 2 aromatic heterocycles. The fourth-order valence-corrected chi connectivity index (χ4v) is 2.36. The van der Waals surface area contributed by atoms with Gasteiger partial charge in [-0.3, -0.25) is 14.6 Å². The molecule has 0 unspecified atom stereocenters. The molecular weight excluding hydrogens is 353 g/mol. The summed E-state index contributed by atoms with van der Waals surface area (Å²) in [6.45, 7) is 4.73. The number of hydrogen-bond donors (Lipinski definition) is 2. The molecule has 27 heavy (non-hydrogen) atoms. The van der Waals surface area contributed by atoms with Crippen LogP contribution < -0.4 is 15.6 Å². The maximum atomic E-state index is 13.6. The van der Waals surface area contributed by atoms with Gasteiger partial charge in [0.2, 0.25) is 5.95 Å². The summed E-state index contributed by atoms with van der Waals surface area (Å²) in [5.74, 6) is -0.589. The largest absolute Gasteiger partial charge is 0.481 e. The van der Waals surface area contributed by atoms with E-state index in [2.05, 4.69) is 20.4 Å². The van der Waals surface area contributed by atoms with Crippen molar-refractivity contribution in [1.82, 2.24) is 19.7 Å². The fourth-order valence-electron chi connectivity index (χ4n) is 2.36. The Kier molecular flexibility index (Phi) is 5.02. The Morgan fingerprint density at radius 3 is 2.74 bits per heavy atom. The Labute approximate surface area is 154 Å². The highest BCUT2D eigenvalue weighted by Crippen LogP contribution is 2.17. The SMILES string of the molecule is Cc1cc(NC(=O)COc2ccccc2F)n(-c2nc(C)c(C)c(=O)[nH]2)n1. The molecule has 0 saturated carbocycles. The lowest BCUT2D eigenvalue weighted by Crippen LogP contribution is -2.24. The number of carbonyl (C=O) groups excluding carboxylic acids is 1. The Balaban J connectivity index is 1.79. The molecule has 0 atom stereocenters. The topological polar surface area (TPSA) is 102 Å². The van der Waals surface area contributed by atoms with Gasteiger partial charge in [-0.05, 0) is 32.9 Å². The minimum absolute atomic E-state index is 0.0162. The van der Waals surface area contributed by atoms with Gasteiger partial charge in [0.15, 0.2) is 18.2 Å². The van der Waals surface area contributed by atoms with E-state index >= 15 is 0 Å². The van der Waals surface area contributed by atoms with Crippen molar-refractivity contribution < 1.29 is 13.9 Å². The molecule has 0 aliphatic heterocycles. The number of para-hydroxylation sites is 1. The molecule has 0 fully saturated rings. The molecule has 0 saturated heterocycles. The van der Waals surface area contributed by atoms with Crippen molar-refractivity contribution in [2.24, 2.45) is 0 Å². The third-order valence-electron chi connectivity index (χ3n) is 3.88. The predicted octanol–water partition coefficient (Wildman–Crippen LogP) is 2.04. The second-order valence-corrected chi connectivity index (χ2v) is 5.95. The molecule has 3 aromatic rings. The van der Waals surface area contributed by atoms with E-state index in [1.807, 2.05) is 0 Å². The van der Waals surface area contributed by atoms with E-state index in [1.54, 1.807) is 32.9 Å². The number of aromatic nitrogens is 4. The van der Waals surface area contributed by atoms with Crippen molar-refractivity contribution in [3.8, 4) is 11.7 Å². The maximum absolute atomic E-state index is 13.6. The first-order valence-electron chi connectivity index (χ1n) is 8.17. The Morgan fingerprint density at radius 1 is 1.30 bits per heavy atom. The van der Waals surface area contributed by atoms with Gasteiger partial charge in [0.1, 0.15) is 5.82 Å². The van der Waals surface area contributed by atoms with Gasteiger partial charge in [-0.2, -0.15) is 9.78 Å². The second kappa shape index (κ2) is 7.40. The van der Waals surface area contributed by atoms with Crippen LogP contribution in [-0.2, 0) is 4.79 Å². The number of aromatic amines is 1. The minimum Gasteiger partial charge on any atom is -0.481 e. The van der Waals surface area contributed by atoms with E-state index in [0.29, 0.717) is 22.8 Å². The van der Waals surface area contributed by atoms with E-state index in [9.17, 15) is 14.0 Å². The molecule has 140 valence electrons. The van der Waals surface area contributed by atoms with Gasteiger partial charge in [-0.15, -0.1) is 0 Å². The van der Waals surface area contributed by atoms with E-state index in [1.165, 1.54) is 22.9 Å². The third kappa shape index (κ3) is 4.02. The van der Waals surface area contributed by atoms with E-state index in [-0.39, 0.29) is 23.9 Å². The van der Waals surface area contributed by atoms with Crippen molar-refractivity contribution in [3.05, 3.63) is 63.5 Å². The van der Waals surface area contributed by atoms with Crippen LogP contribution >= 0.6 is 0 Å². The number of halogens is 1. The van der Waals surface area contributed by atoms with E-state index < -0.39 is 11.7 Å². The van der Waals surface area contributed by atoms with Crippen LogP contribution in [-0.4, -0.2) is 32.3 Å². The van der Waals surface area contributed by atoms with Crippen LogP contribution in [0.5, 0.6) is 5.75 Å². The molecule has 2 heterocycles. The molecular formula is C18H18FN5O3.